The molecule has 30 heavy (non-hydrogen) atoms. The molecule has 4 heterocycles. The molecule has 2 N–H and O–H groups in total. The van der Waals surface area contributed by atoms with Gasteiger partial charge in [0, 0.05) is 49.0 Å². The van der Waals surface area contributed by atoms with Crippen LogP contribution in [0.3, 0.4) is 0 Å². The lowest BCUT2D eigenvalue weighted by molar-refractivity contribution is -0.142. The fraction of sp³-hybridized carbons (Fsp3) is 0.273. The summed E-state index contributed by atoms with van der Waals surface area (Å²) in [6, 6.07) is 10.2. The van der Waals surface area contributed by atoms with Crippen LogP contribution in [0.25, 0.3) is 33.3 Å². The molecule has 1 aliphatic rings. The smallest absolute Gasteiger partial charge is 0.306 e. The third kappa shape index (κ3) is 3.30. The fourth-order valence-electron chi connectivity index (χ4n) is 4.08. The summed E-state index contributed by atoms with van der Waals surface area (Å²) in [7, 11) is 1.91. The van der Waals surface area contributed by atoms with Crippen LogP contribution in [0, 0.1) is 5.92 Å². The number of carboxylic acids is 1. The minimum absolute atomic E-state index is 0.259. The first-order valence-electron chi connectivity index (χ1n) is 10.00. The van der Waals surface area contributed by atoms with Gasteiger partial charge in [-0.1, -0.05) is 6.07 Å². The van der Waals surface area contributed by atoms with Crippen LogP contribution in [0.2, 0.25) is 0 Å². The number of carbonyl (C=O) groups is 1. The summed E-state index contributed by atoms with van der Waals surface area (Å²) >= 11 is 0. The van der Waals surface area contributed by atoms with E-state index in [9.17, 15) is 9.90 Å². The number of benzene rings is 1. The number of carboxylic acid groups (broad SMARTS) is 1. The van der Waals surface area contributed by atoms with E-state index in [4.69, 9.17) is 0 Å². The molecule has 152 valence electrons. The van der Waals surface area contributed by atoms with Crippen LogP contribution in [-0.4, -0.2) is 49.1 Å². The van der Waals surface area contributed by atoms with Gasteiger partial charge in [-0.15, -0.1) is 0 Å². The van der Waals surface area contributed by atoms with Gasteiger partial charge in [0.15, 0.2) is 0 Å². The van der Waals surface area contributed by atoms with E-state index in [1.807, 2.05) is 37.6 Å². The number of nitrogens with one attached hydrogen (secondary N) is 1. The first-order valence-corrected chi connectivity index (χ1v) is 10.00. The Morgan fingerprint density at radius 3 is 2.70 bits per heavy atom. The minimum atomic E-state index is -0.705. The topological polar surface area (TPSA) is 99.9 Å². The molecule has 0 atom stereocenters. The molecule has 0 spiro atoms. The monoisotopic (exact) mass is 402 g/mol. The van der Waals surface area contributed by atoms with Gasteiger partial charge in [0.1, 0.15) is 11.5 Å². The van der Waals surface area contributed by atoms with Crippen molar-refractivity contribution in [2.24, 2.45) is 13.0 Å². The summed E-state index contributed by atoms with van der Waals surface area (Å²) in [6.45, 7) is 1.39. The predicted octanol–water partition coefficient (Wildman–Crippen LogP) is 3.33. The molecular formula is C22H22N6O2. The molecule has 1 saturated heterocycles. The Kier molecular flexibility index (Phi) is 4.46. The van der Waals surface area contributed by atoms with Crippen LogP contribution in [0.15, 0.2) is 48.9 Å². The number of aryl methyl sites for hydroxylation is 1. The van der Waals surface area contributed by atoms with E-state index in [1.165, 1.54) is 0 Å². The highest BCUT2D eigenvalue weighted by atomic mass is 16.4. The molecule has 0 unspecified atom stereocenters. The van der Waals surface area contributed by atoms with Crippen LogP contribution < -0.4 is 4.90 Å². The molecule has 0 amide bonds. The van der Waals surface area contributed by atoms with Crippen LogP contribution in [0.5, 0.6) is 0 Å². The Morgan fingerprint density at radius 1 is 1.13 bits per heavy atom. The van der Waals surface area contributed by atoms with Crippen LogP contribution in [-0.2, 0) is 11.8 Å². The van der Waals surface area contributed by atoms with Crippen molar-refractivity contribution < 1.29 is 9.90 Å². The lowest BCUT2D eigenvalue weighted by atomic mass is 9.97. The van der Waals surface area contributed by atoms with Crippen molar-refractivity contribution in [1.29, 1.82) is 0 Å². The highest BCUT2D eigenvalue weighted by molar-refractivity contribution is 5.95. The van der Waals surface area contributed by atoms with Gasteiger partial charge in [-0.2, -0.15) is 10.2 Å². The van der Waals surface area contributed by atoms with E-state index in [2.05, 4.69) is 37.3 Å². The Labute approximate surface area is 173 Å². The van der Waals surface area contributed by atoms with Crippen molar-refractivity contribution in [3.05, 3.63) is 48.9 Å². The molecule has 0 saturated carbocycles. The lowest BCUT2D eigenvalue weighted by Crippen LogP contribution is -2.36. The summed E-state index contributed by atoms with van der Waals surface area (Å²) < 4.78 is 1.79. The van der Waals surface area contributed by atoms with Crippen molar-refractivity contribution in [2.75, 3.05) is 18.0 Å². The van der Waals surface area contributed by atoms with Gasteiger partial charge in [0.25, 0.3) is 0 Å². The molecule has 8 nitrogen and oxygen atoms in total. The maximum Gasteiger partial charge on any atom is 0.306 e. The number of hydrogen-bond acceptors (Lipinski definition) is 5. The quantitative estimate of drug-likeness (QED) is 0.543. The van der Waals surface area contributed by atoms with Gasteiger partial charge in [-0.3, -0.25) is 14.6 Å². The third-order valence-corrected chi connectivity index (χ3v) is 5.79. The lowest BCUT2D eigenvalue weighted by Gasteiger charge is -2.31. The summed E-state index contributed by atoms with van der Waals surface area (Å²) in [5.41, 5.74) is 4.97. The summed E-state index contributed by atoms with van der Waals surface area (Å²) in [5.74, 6) is -0.106. The Morgan fingerprint density at radius 2 is 1.97 bits per heavy atom. The fourth-order valence-corrected chi connectivity index (χ4v) is 4.08. The van der Waals surface area contributed by atoms with Gasteiger partial charge in [0.05, 0.1) is 17.6 Å². The minimum Gasteiger partial charge on any atom is -0.481 e. The maximum atomic E-state index is 11.2. The number of fused-ring (bicyclic) bond motifs is 1. The standard InChI is InChI=1S/C22H22N6O2/c1-27-13-17(12-24-27)15-2-3-19-18(10-15)21(26-25-19)16-4-7-23-20(11-16)28-8-5-14(6-9-28)22(29)30/h2-4,7,10-14H,5-6,8-9H2,1H3,(H,25,26)(H,29,30). The number of nitrogens with zero attached hydrogens (tertiary/aromatic N) is 5. The predicted molar refractivity (Wildman–Crippen MR) is 114 cm³/mol. The number of rotatable bonds is 4. The highest BCUT2D eigenvalue weighted by Crippen LogP contribution is 2.32. The molecule has 8 heteroatoms. The Bertz CT molecular complexity index is 1220. The molecule has 0 bridgehead atoms. The zero-order chi connectivity index (χ0) is 20.7. The van der Waals surface area contributed by atoms with Crippen molar-refractivity contribution >= 4 is 22.7 Å². The number of aromatic nitrogens is 5. The first kappa shape index (κ1) is 18.4. The maximum absolute atomic E-state index is 11.2. The second-order valence-electron chi connectivity index (χ2n) is 7.74. The number of aromatic amines is 1. The van der Waals surface area contributed by atoms with Gasteiger partial charge < -0.3 is 10.0 Å². The number of piperidine rings is 1. The number of hydrogen-bond donors (Lipinski definition) is 2. The number of anilines is 1. The highest BCUT2D eigenvalue weighted by Gasteiger charge is 2.25. The summed E-state index contributed by atoms with van der Waals surface area (Å²) in [4.78, 5) is 17.9. The summed E-state index contributed by atoms with van der Waals surface area (Å²) in [6.07, 6.45) is 6.92. The molecule has 1 fully saturated rings. The van der Waals surface area contributed by atoms with E-state index < -0.39 is 5.97 Å². The van der Waals surface area contributed by atoms with E-state index in [0.717, 1.165) is 39.1 Å². The molecule has 1 aliphatic heterocycles. The van der Waals surface area contributed by atoms with Crippen molar-refractivity contribution in [2.45, 2.75) is 12.8 Å². The summed E-state index contributed by atoms with van der Waals surface area (Å²) in [5, 5.41) is 22.2. The molecule has 0 radical (unpaired) electrons. The largest absolute Gasteiger partial charge is 0.481 e. The average Bonchev–Trinajstić information content (AvgIpc) is 3.39. The van der Waals surface area contributed by atoms with E-state index in [0.29, 0.717) is 25.9 Å². The molecule has 1 aromatic carbocycles. The van der Waals surface area contributed by atoms with E-state index >= 15 is 0 Å². The first-order chi connectivity index (χ1) is 14.6. The van der Waals surface area contributed by atoms with Crippen LogP contribution in [0.1, 0.15) is 12.8 Å². The van der Waals surface area contributed by atoms with E-state index in [1.54, 1.807) is 10.9 Å². The van der Waals surface area contributed by atoms with Gasteiger partial charge in [-0.25, -0.2) is 4.98 Å². The zero-order valence-electron chi connectivity index (χ0n) is 16.6. The Hall–Kier alpha value is -3.68. The van der Waals surface area contributed by atoms with Gasteiger partial charge >= 0.3 is 5.97 Å². The number of pyridine rings is 1. The SMILES string of the molecule is Cn1cc(-c2ccc3[nH]nc(-c4ccnc(N5CCC(C(=O)O)CC5)c4)c3c2)cn1. The zero-order valence-corrected chi connectivity index (χ0v) is 16.6. The molecule has 3 aromatic heterocycles. The molecular weight excluding hydrogens is 380 g/mol. The average molecular weight is 402 g/mol. The van der Waals surface area contributed by atoms with Gasteiger partial charge in [-0.05, 0) is 42.7 Å². The number of H-pyrrole nitrogens is 1. The van der Waals surface area contributed by atoms with Crippen molar-refractivity contribution in [3.8, 4) is 22.4 Å². The normalized spacial score (nSPS) is 15.0. The third-order valence-electron chi connectivity index (χ3n) is 5.79. The second-order valence-corrected chi connectivity index (χ2v) is 7.74. The van der Waals surface area contributed by atoms with Crippen LogP contribution >= 0.6 is 0 Å². The van der Waals surface area contributed by atoms with Crippen LogP contribution in [0.4, 0.5) is 5.82 Å². The van der Waals surface area contributed by atoms with Gasteiger partial charge in [0.2, 0.25) is 0 Å². The van der Waals surface area contributed by atoms with E-state index in [-0.39, 0.29) is 5.92 Å². The molecule has 5 rings (SSSR count). The van der Waals surface area contributed by atoms with Crippen molar-refractivity contribution in [3.63, 3.8) is 0 Å². The number of aliphatic carboxylic acids is 1. The molecule has 0 aliphatic carbocycles. The van der Waals surface area contributed by atoms with Crippen molar-refractivity contribution in [1.82, 2.24) is 25.0 Å². The molecule has 4 aromatic rings. The Balaban J connectivity index is 1.47. The second kappa shape index (κ2) is 7.29.